The SMILES string of the molecule is Cc1cccc(OC[C@@H](O)C[NH+]2CCC(Cc3ccccc3)CC2)c1. The molecule has 1 saturated heterocycles. The number of aryl methyl sites for hydroxylation is 1. The van der Waals surface area contributed by atoms with Gasteiger partial charge in [-0.05, 0) is 55.4 Å². The van der Waals surface area contributed by atoms with E-state index in [4.69, 9.17) is 4.74 Å². The molecule has 2 N–H and O–H groups in total. The van der Waals surface area contributed by atoms with Gasteiger partial charge in [0, 0.05) is 0 Å². The fourth-order valence-electron chi connectivity index (χ4n) is 3.73. The summed E-state index contributed by atoms with van der Waals surface area (Å²) >= 11 is 0. The summed E-state index contributed by atoms with van der Waals surface area (Å²) in [5.74, 6) is 1.63. The van der Waals surface area contributed by atoms with E-state index in [1.807, 2.05) is 31.2 Å². The van der Waals surface area contributed by atoms with Gasteiger partial charge in [-0.15, -0.1) is 0 Å². The van der Waals surface area contributed by atoms with Gasteiger partial charge < -0.3 is 14.7 Å². The number of benzene rings is 2. The lowest BCUT2D eigenvalue weighted by Gasteiger charge is -2.30. The van der Waals surface area contributed by atoms with Crippen LogP contribution in [-0.4, -0.2) is 37.5 Å². The van der Waals surface area contributed by atoms with Crippen LogP contribution in [-0.2, 0) is 6.42 Å². The number of quaternary nitrogens is 1. The second kappa shape index (κ2) is 9.02. The molecule has 0 aromatic heterocycles. The molecule has 1 fully saturated rings. The van der Waals surface area contributed by atoms with Crippen LogP contribution in [0.2, 0.25) is 0 Å². The third-order valence-corrected chi connectivity index (χ3v) is 5.14. The van der Waals surface area contributed by atoms with Crippen LogP contribution < -0.4 is 9.64 Å². The van der Waals surface area contributed by atoms with Crippen LogP contribution in [0.3, 0.4) is 0 Å². The molecule has 1 aliphatic heterocycles. The molecule has 1 heterocycles. The molecule has 0 saturated carbocycles. The van der Waals surface area contributed by atoms with Crippen LogP contribution >= 0.6 is 0 Å². The second-order valence-corrected chi connectivity index (χ2v) is 7.37. The van der Waals surface area contributed by atoms with Crippen LogP contribution in [0.25, 0.3) is 0 Å². The number of nitrogens with one attached hydrogen (secondary N) is 1. The van der Waals surface area contributed by atoms with Crippen molar-refractivity contribution in [1.82, 2.24) is 0 Å². The Hall–Kier alpha value is -1.84. The van der Waals surface area contributed by atoms with Crippen molar-refractivity contribution in [2.45, 2.75) is 32.3 Å². The molecule has 0 radical (unpaired) electrons. The lowest BCUT2D eigenvalue weighted by molar-refractivity contribution is -0.909. The van der Waals surface area contributed by atoms with Crippen LogP contribution in [0.15, 0.2) is 54.6 Å². The number of rotatable bonds is 7. The lowest BCUT2D eigenvalue weighted by atomic mass is 9.90. The zero-order valence-corrected chi connectivity index (χ0v) is 15.2. The third-order valence-electron chi connectivity index (χ3n) is 5.14. The first kappa shape index (κ1) is 18.0. The van der Waals surface area contributed by atoms with Gasteiger partial charge in [-0.1, -0.05) is 42.5 Å². The fourth-order valence-corrected chi connectivity index (χ4v) is 3.73. The molecule has 2 aromatic rings. The van der Waals surface area contributed by atoms with Crippen molar-refractivity contribution in [1.29, 1.82) is 0 Å². The minimum absolute atomic E-state index is 0.375. The van der Waals surface area contributed by atoms with Gasteiger partial charge in [-0.2, -0.15) is 0 Å². The molecule has 0 bridgehead atoms. The zero-order valence-electron chi connectivity index (χ0n) is 15.2. The first-order valence-corrected chi connectivity index (χ1v) is 9.44. The lowest BCUT2D eigenvalue weighted by Crippen LogP contribution is -3.14. The molecular weight excluding hydrogens is 310 g/mol. The smallest absolute Gasteiger partial charge is 0.137 e. The summed E-state index contributed by atoms with van der Waals surface area (Å²) in [6, 6.07) is 18.8. The maximum atomic E-state index is 10.3. The Labute approximate surface area is 151 Å². The Morgan fingerprint density at radius 3 is 2.56 bits per heavy atom. The fraction of sp³-hybridized carbons (Fsp3) is 0.455. The molecule has 0 amide bonds. The van der Waals surface area contributed by atoms with Crippen molar-refractivity contribution in [3.05, 3.63) is 65.7 Å². The molecule has 25 heavy (non-hydrogen) atoms. The molecule has 1 aliphatic rings. The zero-order chi connectivity index (χ0) is 17.5. The van der Waals surface area contributed by atoms with Crippen LogP contribution in [0.1, 0.15) is 24.0 Å². The molecule has 0 spiro atoms. The van der Waals surface area contributed by atoms with E-state index in [0.29, 0.717) is 6.61 Å². The number of aliphatic hydroxyl groups excluding tert-OH is 1. The Balaban J connectivity index is 1.37. The number of hydrogen-bond acceptors (Lipinski definition) is 2. The topological polar surface area (TPSA) is 33.9 Å². The van der Waals surface area contributed by atoms with Gasteiger partial charge in [0.2, 0.25) is 0 Å². The first-order chi connectivity index (χ1) is 12.2. The van der Waals surface area contributed by atoms with Gasteiger partial charge in [0.25, 0.3) is 0 Å². The highest BCUT2D eigenvalue weighted by atomic mass is 16.5. The summed E-state index contributed by atoms with van der Waals surface area (Å²) in [5, 5.41) is 10.3. The van der Waals surface area contributed by atoms with Gasteiger partial charge in [0.15, 0.2) is 0 Å². The van der Waals surface area contributed by atoms with Gasteiger partial charge >= 0.3 is 0 Å². The van der Waals surface area contributed by atoms with E-state index in [9.17, 15) is 5.11 Å². The van der Waals surface area contributed by atoms with E-state index in [2.05, 4.69) is 30.3 Å². The predicted octanol–water partition coefficient (Wildman–Crippen LogP) is 2.27. The van der Waals surface area contributed by atoms with Gasteiger partial charge in [0.1, 0.15) is 25.0 Å². The minimum atomic E-state index is -0.402. The molecule has 3 rings (SSSR count). The summed E-state index contributed by atoms with van der Waals surface area (Å²) < 4.78 is 5.73. The normalized spacial score (nSPS) is 21.7. The Kier molecular flexibility index (Phi) is 6.48. The van der Waals surface area contributed by atoms with Crippen molar-refractivity contribution in [2.24, 2.45) is 5.92 Å². The average molecular weight is 340 g/mol. The molecular formula is C22H30NO2+. The third kappa shape index (κ3) is 5.87. The molecule has 0 aliphatic carbocycles. The van der Waals surface area contributed by atoms with E-state index in [1.54, 1.807) is 0 Å². The van der Waals surface area contributed by atoms with Gasteiger partial charge in [-0.25, -0.2) is 0 Å². The number of piperidine rings is 1. The van der Waals surface area contributed by atoms with E-state index < -0.39 is 6.10 Å². The first-order valence-electron chi connectivity index (χ1n) is 9.44. The van der Waals surface area contributed by atoms with E-state index in [1.165, 1.54) is 35.3 Å². The Bertz CT molecular complexity index is 635. The largest absolute Gasteiger partial charge is 0.491 e. The minimum Gasteiger partial charge on any atom is -0.491 e. The summed E-state index contributed by atoms with van der Waals surface area (Å²) in [6.45, 7) is 5.51. The Morgan fingerprint density at radius 2 is 1.84 bits per heavy atom. The van der Waals surface area contributed by atoms with Crippen LogP contribution in [0, 0.1) is 12.8 Å². The Morgan fingerprint density at radius 1 is 1.08 bits per heavy atom. The standard InChI is InChI=1S/C22H29NO2/c1-18-6-5-9-22(14-18)25-17-21(24)16-23-12-10-20(11-13-23)15-19-7-3-2-4-8-19/h2-9,14,20-21,24H,10-13,15-17H2,1H3/p+1/t21-/m0/s1. The number of likely N-dealkylation sites (tertiary alicyclic amines) is 1. The van der Waals surface area contributed by atoms with Crippen LogP contribution in [0.5, 0.6) is 5.75 Å². The van der Waals surface area contributed by atoms with Gasteiger partial charge in [0.05, 0.1) is 13.1 Å². The second-order valence-electron chi connectivity index (χ2n) is 7.37. The number of hydrogen-bond donors (Lipinski definition) is 2. The molecule has 3 heteroatoms. The molecule has 0 unspecified atom stereocenters. The van der Waals surface area contributed by atoms with Gasteiger partial charge in [-0.3, -0.25) is 0 Å². The van der Waals surface area contributed by atoms with E-state index in [0.717, 1.165) is 31.3 Å². The summed E-state index contributed by atoms with van der Waals surface area (Å²) in [4.78, 5) is 1.50. The maximum absolute atomic E-state index is 10.3. The highest BCUT2D eigenvalue weighted by molar-refractivity contribution is 5.27. The molecule has 134 valence electrons. The molecule has 2 aromatic carbocycles. The monoisotopic (exact) mass is 340 g/mol. The summed E-state index contributed by atoms with van der Waals surface area (Å²) in [7, 11) is 0. The van der Waals surface area contributed by atoms with E-state index >= 15 is 0 Å². The maximum Gasteiger partial charge on any atom is 0.137 e. The van der Waals surface area contributed by atoms with E-state index in [-0.39, 0.29) is 0 Å². The van der Waals surface area contributed by atoms with Crippen molar-refractivity contribution in [3.8, 4) is 5.75 Å². The molecule has 1 atom stereocenters. The highest BCUT2D eigenvalue weighted by Gasteiger charge is 2.24. The van der Waals surface area contributed by atoms with Crippen molar-refractivity contribution in [2.75, 3.05) is 26.2 Å². The average Bonchev–Trinajstić information content (AvgIpc) is 2.63. The molecule has 3 nitrogen and oxygen atoms in total. The highest BCUT2D eigenvalue weighted by Crippen LogP contribution is 2.16. The quantitative estimate of drug-likeness (QED) is 0.811. The summed E-state index contributed by atoms with van der Waals surface area (Å²) in [6.07, 6.45) is 3.28. The predicted molar refractivity (Wildman–Crippen MR) is 101 cm³/mol. The van der Waals surface area contributed by atoms with Crippen molar-refractivity contribution in [3.63, 3.8) is 0 Å². The van der Waals surface area contributed by atoms with Crippen molar-refractivity contribution < 1.29 is 14.7 Å². The van der Waals surface area contributed by atoms with Crippen LogP contribution in [0.4, 0.5) is 0 Å². The number of aliphatic hydroxyl groups is 1. The number of ether oxygens (including phenoxy) is 1. The summed E-state index contributed by atoms with van der Waals surface area (Å²) in [5.41, 5.74) is 2.63. The van der Waals surface area contributed by atoms with Crippen molar-refractivity contribution >= 4 is 0 Å².